The van der Waals surface area contributed by atoms with E-state index in [1.807, 2.05) is 0 Å². The summed E-state index contributed by atoms with van der Waals surface area (Å²) >= 11 is 0. The Morgan fingerprint density at radius 1 is 1.39 bits per heavy atom. The highest BCUT2D eigenvalue weighted by Crippen LogP contribution is 2.20. The third-order valence-corrected chi connectivity index (χ3v) is 4.86. The van der Waals surface area contributed by atoms with Gasteiger partial charge < -0.3 is 10.6 Å². The number of aromatic nitrogens is 2. The number of nitrogens with zero attached hydrogens (tertiary/aromatic N) is 3. The lowest BCUT2D eigenvalue weighted by molar-refractivity contribution is -0.129. The molecule has 0 aliphatic carbocycles. The molecule has 9 heteroatoms. The van der Waals surface area contributed by atoms with Crippen LogP contribution in [0.4, 0.5) is 5.82 Å². The Morgan fingerprint density at radius 2 is 2.00 bits per heavy atom. The molecule has 1 fully saturated rings. The third kappa shape index (κ3) is 2.18. The van der Waals surface area contributed by atoms with Crippen molar-refractivity contribution in [1.82, 2.24) is 19.4 Å². The molecule has 0 radical (unpaired) electrons. The average molecular weight is 273 g/mol. The molecule has 3 N–H and O–H groups in total. The lowest BCUT2D eigenvalue weighted by atomic mass is 10.3. The molecule has 0 bridgehead atoms. The van der Waals surface area contributed by atoms with Crippen molar-refractivity contribution in [3.8, 4) is 0 Å². The van der Waals surface area contributed by atoms with E-state index in [0.29, 0.717) is 13.1 Å². The average Bonchev–Trinajstić information content (AvgIpc) is 2.76. The highest BCUT2D eigenvalue weighted by molar-refractivity contribution is 7.89. The van der Waals surface area contributed by atoms with E-state index in [2.05, 4.69) is 10.2 Å². The molecule has 0 aromatic carbocycles. The van der Waals surface area contributed by atoms with Gasteiger partial charge >= 0.3 is 0 Å². The van der Waals surface area contributed by atoms with Gasteiger partial charge in [0.15, 0.2) is 0 Å². The zero-order chi connectivity index (χ0) is 13.3. The minimum absolute atomic E-state index is 0.0150. The van der Waals surface area contributed by atoms with Gasteiger partial charge in [-0.3, -0.25) is 9.89 Å². The van der Waals surface area contributed by atoms with Gasteiger partial charge in [0.2, 0.25) is 15.9 Å². The summed E-state index contributed by atoms with van der Waals surface area (Å²) in [7, 11) is -3.62. The number of anilines is 1. The summed E-state index contributed by atoms with van der Waals surface area (Å²) in [4.78, 5) is 12.8. The van der Waals surface area contributed by atoms with Gasteiger partial charge in [0.1, 0.15) is 10.7 Å². The second-order valence-electron chi connectivity index (χ2n) is 4.06. The maximum Gasteiger partial charge on any atom is 0.248 e. The van der Waals surface area contributed by atoms with E-state index in [0.717, 1.165) is 0 Å². The van der Waals surface area contributed by atoms with Crippen LogP contribution < -0.4 is 5.73 Å². The normalized spacial score (nSPS) is 17.9. The molecule has 1 aromatic heterocycles. The Hall–Kier alpha value is -1.61. The lowest BCUT2D eigenvalue weighted by Crippen LogP contribution is -2.49. The number of hydrogen-bond donors (Lipinski definition) is 2. The number of nitrogens with two attached hydrogens (primary N) is 1. The molecule has 0 saturated carbocycles. The van der Waals surface area contributed by atoms with Gasteiger partial charge in [0.05, 0.1) is 6.20 Å². The summed E-state index contributed by atoms with van der Waals surface area (Å²) in [5.74, 6) is -0.0149. The van der Waals surface area contributed by atoms with Gasteiger partial charge in [0.25, 0.3) is 0 Å². The van der Waals surface area contributed by atoms with Crippen LogP contribution in [0.3, 0.4) is 0 Å². The Balaban J connectivity index is 2.15. The van der Waals surface area contributed by atoms with Crippen LogP contribution in [0.2, 0.25) is 0 Å². The molecule has 0 atom stereocenters. The highest BCUT2D eigenvalue weighted by atomic mass is 32.2. The SMILES string of the molecule is CC(=O)N1CCN(S(=O)(=O)c2cn[nH]c2N)CC1. The van der Waals surface area contributed by atoms with Crippen molar-refractivity contribution < 1.29 is 13.2 Å². The Morgan fingerprint density at radius 3 is 2.44 bits per heavy atom. The van der Waals surface area contributed by atoms with E-state index < -0.39 is 10.0 Å². The first kappa shape index (κ1) is 12.8. The van der Waals surface area contributed by atoms with Crippen LogP contribution >= 0.6 is 0 Å². The summed E-state index contributed by atoms with van der Waals surface area (Å²) in [5, 5.41) is 6.00. The molecule has 1 aliphatic heterocycles. The summed E-state index contributed by atoms with van der Waals surface area (Å²) in [6.45, 7) is 2.80. The van der Waals surface area contributed by atoms with Gasteiger partial charge in [-0.2, -0.15) is 9.40 Å². The third-order valence-electron chi connectivity index (χ3n) is 2.93. The van der Waals surface area contributed by atoms with E-state index in [1.165, 1.54) is 17.4 Å². The first-order chi connectivity index (χ1) is 8.43. The standard InChI is InChI=1S/C9H15N5O3S/c1-7(15)13-2-4-14(5-3-13)18(16,17)8-6-11-12-9(8)10/h6H,2-5H2,1H3,(H3,10,11,12). The number of H-pyrrole nitrogens is 1. The van der Waals surface area contributed by atoms with E-state index in [1.54, 1.807) is 4.90 Å². The molecule has 1 amide bonds. The fourth-order valence-corrected chi connectivity index (χ4v) is 3.30. The molecule has 8 nitrogen and oxygen atoms in total. The van der Waals surface area contributed by atoms with Crippen molar-refractivity contribution >= 4 is 21.7 Å². The van der Waals surface area contributed by atoms with Gasteiger partial charge in [-0.1, -0.05) is 0 Å². The van der Waals surface area contributed by atoms with E-state index in [4.69, 9.17) is 5.73 Å². The van der Waals surface area contributed by atoms with Crippen molar-refractivity contribution in [3.63, 3.8) is 0 Å². The molecule has 2 heterocycles. The topological polar surface area (TPSA) is 112 Å². The smallest absolute Gasteiger partial charge is 0.248 e. The van der Waals surface area contributed by atoms with Crippen LogP contribution in [0.25, 0.3) is 0 Å². The number of amides is 1. The molecule has 1 saturated heterocycles. The van der Waals surface area contributed by atoms with Crippen LogP contribution in [0.15, 0.2) is 11.1 Å². The number of hydrogen-bond acceptors (Lipinski definition) is 5. The molecular formula is C9H15N5O3S. The molecular weight excluding hydrogens is 258 g/mol. The molecule has 100 valence electrons. The van der Waals surface area contributed by atoms with Crippen LogP contribution in [0.1, 0.15) is 6.92 Å². The van der Waals surface area contributed by atoms with Gasteiger partial charge in [-0.15, -0.1) is 0 Å². The quantitative estimate of drug-likeness (QED) is 0.706. The number of aromatic amines is 1. The molecule has 18 heavy (non-hydrogen) atoms. The zero-order valence-electron chi connectivity index (χ0n) is 9.96. The summed E-state index contributed by atoms with van der Waals surface area (Å²) in [6, 6.07) is 0. The minimum Gasteiger partial charge on any atom is -0.383 e. The van der Waals surface area contributed by atoms with Crippen LogP contribution in [0.5, 0.6) is 0 Å². The van der Waals surface area contributed by atoms with E-state index in [-0.39, 0.29) is 29.7 Å². The number of carbonyl (C=O) groups excluding carboxylic acids is 1. The van der Waals surface area contributed by atoms with Gasteiger partial charge in [-0.25, -0.2) is 8.42 Å². The van der Waals surface area contributed by atoms with E-state index in [9.17, 15) is 13.2 Å². The largest absolute Gasteiger partial charge is 0.383 e. The van der Waals surface area contributed by atoms with E-state index >= 15 is 0 Å². The summed E-state index contributed by atoms with van der Waals surface area (Å²) in [5.41, 5.74) is 5.52. The number of nitrogens with one attached hydrogen (secondary N) is 1. The van der Waals surface area contributed by atoms with Gasteiger partial charge in [-0.05, 0) is 0 Å². The number of sulfonamides is 1. The number of nitrogen functional groups attached to an aromatic ring is 1. The van der Waals surface area contributed by atoms with Crippen LogP contribution in [-0.2, 0) is 14.8 Å². The zero-order valence-corrected chi connectivity index (χ0v) is 10.8. The molecule has 2 rings (SSSR count). The second-order valence-corrected chi connectivity index (χ2v) is 5.96. The van der Waals surface area contributed by atoms with Crippen molar-refractivity contribution in [2.24, 2.45) is 0 Å². The van der Waals surface area contributed by atoms with Crippen molar-refractivity contribution in [2.45, 2.75) is 11.8 Å². The predicted molar refractivity (Wildman–Crippen MR) is 64.0 cm³/mol. The lowest BCUT2D eigenvalue weighted by Gasteiger charge is -2.33. The van der Waals surface area contributed by atoms with Crippen molar-refractivity contribution in [3.05, 3.63) is 6.20 Å². The molecule has 0 spiro atoms. The number of carbonyl (C=O) groups is 1. The number of piperazine rings is 1. The maximum atomic E-state index is 12.2. The van der Waals surface area contributed by atoms with Gasteiger partial charge in [0, 0.05) is 33.1 Å². The summed E-state index contributed by atoms with van der Waals surface area (Å²) in [6.07, 6.45) is 1.20. The molecule has 1 aromatic rings. The fraction of sp³-hybridized carbons (Fsp3) is 0.556. The van der Waals surface area contributed by atoms with Crippen LogP contribution in [-0.4, -0.2) is 59.9 Å². The fourth-order valence-electron chi connectivity index (χ4n) is 1.87. The molecule has 1 aliphatic rings. The monoisotopic (exact) mass is 273 g/mol. The first-order valence-electron chi connectivity index (χ1n) is 5.47. The molecule has 0 unspecified atom stereocenters. The van der Waals surface area contributed by atoms with Crippen LogP contribution in [0, 0.1) is 0 Å². The predicted octanol–water partition coefficient (Wildman–Crippen LogP) is -1.16. The Bertz CT molecular complexity index is 544. The highest BCUT2D eigenvalue weighted by Gasteiger charge is 2.31. The Labute approximate surface area is 105 Å². The maximum absolute atomic E-state index is 12.2. The first-order valence-corrected chi connectivity index (χ1v) is 6.91. The number of rotatable bonds is 2. The second kappa shape index (κ2) is 4.58. The minimum atomic E-state index is -3.62. The van der Waals surface area contributed by atoms with Crippen molar-refractivity contribution in [2.75, 3.05) is 31.9 Å². The van der Waals surface area contributed by atoms with Crippen molar-refractivity contribution in [1.29, 1.82) is 0 Å². The summed E-state index contributed by atoms with van der Waals surface area (Å²) < 4.78 is 25.8. The Kier molecular flexibility index (Phi) is 3.26.